The van der Waals surface area contributed by atoms with Gasteiger partial charge in [-0.3, -0.25) is 4.79 Å². The molecule has 2 aromatic heterocycles. The zero-order valence-corrected chi connectivity index (χ0v) is 15.4. The summed E-state index contributed by atoms with van der Waals surface area (Å²) >= 11 is 1.58. The van der Waals surface area contributed by atoms with Crippen molar-refractivity contribution in [1.29, 1.82) is 0 Å². The number of aromatic nitrogens is 2. The predicted molar refractivity (Wildman–Crippen MR) is 96.3 cm³/mol. The molecule has 2 aliphatic rings. The molecule has 2 fully saturated rings. The normalized spacial score (nSPS) is 24.3. The van der Waals surface area contributed by atoms with Crippen LogP contribution in [0.4, 0.5) is 0 Å². The first kappa shape index (κ1) is 16.7. The zero-order chi connectivity index (χ0) is 17.2. The van der Waals surface area contributed by atoms with Gasteiger partial charge in [-0.1, -0.05) is 11.2 Å². The standard InChI is InChI=1S/C18H24N4O2S/c1-21-9-2-4-13-12-22(10-8-14(13)21)17(23)7-6-16-19-18(20-24-16)15-5-3-11-25-15/h3,5,11,13-14H,2,4,6-10,12H2,1H3. The number of hydrogen-bond acceptors (Lipinski definition) is 6. The van der Waals surface area contributed by atoms with Crippen molar-refractivity contribution in [2.75, 3.05) is 26.7 Å². The van der Waals surface area contributed by atoms with Crippen LogP contribution < -0.4 is 0 Å². The topological polar surface area (TPSA) is 62.5 Å². The van der Waals surface area contributed by atoms with Crippen molar-refractivity contribution in [1.82, 2.24) is 19.9 Å². The van der Waals surface area contributed by atoms with Crippen molar-refractivity contribution in [2.45, 2.75) is 38.1 Å². The number of carbonyl (C=O) groups excluding carboxylic acids is 1. The summed E-state index contributed by atoms with van der Waals surface area (Å²) in [5, 5.41) is 5.99. The van der Waals surface area contributed by atoms with Gasteiger partial charge in [0, 0.05) is 32.0 Å². The summed E-state index contributed by atoms with van der Waals surface area (Å²) in [6.07, 6.45) is 4.54. The lowest BCUT2D eigenvalue weighted by Crippen LogP contribution is -2.53. The minimum Gasteiger partial charge on any atom is -0.342 e. The third kappa shape index (κ3) is 3.62. The molecule has 0 aromatic carbocycles. The highest BCUT2D eigenvalue weighted by atomic mass is 32.1. The molecule has 0 saturated carbocycles. The molecule has 0 N–H and O–H groups in total. The molecule has 6 nitrogen and oxygen atoms in total. The molecule has 1 amide bonds. The number of aryl methyl sites for hydroxylation is 1. The Hall–Kier alpha value is -1.73. The third-order valence-corrected chi connectivity index (χ3v) is 6.33. The van der Waals surface area contributed by atoms with Crippen LogP contribution in [0.25, 0.3) is 10.7 Å². The van der Waals surface area contributed by atoms with Crippen molar-refractivity contribution >= 4 is 17.2 Å². The molecule has 2 saturated heterocycles. The van der Waals surface area contributed by atoms with Crippen molar-refractivity contribution in [3.05, 3.63) is 23.4 Å². The number of likely N-dealkylation sites (tertiary alicyclic amines) is 2. The number of hydrogen-bond donors (Lipinski definition) is 0. The summed E-state index contributed by atoms with van der Waals surface area (Å²) < 4.78 is 5.29. The van der Waals surface area contributed by atoms with E-state index in [9.17, 15) is 4.79 Å². The number of piperidine rings is 2. The number of fused-ring (bicyclic) bond motifs is 1. The van der Waals surface area contributed by atoms with Crippen molar-refractivity contribution in [3.8, 4) is 10.7 Å². The molecule has 7 heteroatoms. The Bertz CT molecular complexity index is 714. The third-order valence-electron chi connectivity index (χ3n) is 5.46. The summed E-state index contributed by atoms with van der Waals surface area (Å²) in [5.74, 6) is 2.00. The van der Waals surface area contributed by atoms with E-state index < -0.39 is 0 Å². The minimum absolute atomic E-state index is 0.211. The lowest BCUT2D eigenvalue weighted by atomic mass is 9.84. The van der Waals surface area contributed by atoms with E-state index >= 15 is 0 Å². The summed E-state index contributed by atoms with van der Waals surface area (Å²) in [6, 6.07) is 4.59. The van der Waals surface area contributed by atoms with Crippen molar-refractivity contribution in [2.24, 2.45) is 5.92 Å². The lowest BCUT2D eigenvalue weighted by molar-refractivity contribution is -0.134. The van der Waals surface area contributed by atoms with Gasteiger partial charge in [-0.15, -0.1) is 11.3 Å². The monoisotopic (exact) mass is 360 g/mol. The zero-order valence-electron chi connectivity index (χ0n) is 14.6. The van der Waals surface area contributed by atoms with Gasteiger partial charge in [0.1, 0.15) is 0 Å². The molecular formula is C18H24N4O2S. The summed E-state index contributed by atoms with van der Waals surface area (Å²) in [5.41, 5.74) is 0. The summed E-state index contributed by atoms with van der Waals surface area (Å²) in [6.45, 7) is 2.96. The van der Waals surface area contributed by atoms with Crippen LogP contribution in [0, 0.1) is 5.92 Å². The van der Waals surface area contributed by atoms with Crippen LogP contribution in [0.15, 0.2) is 22.0 Å². The van der Waals surface area contributed by atoms with Crippen molar-refractivity contribution in [3.63, 3.8) is 0 Å². The highest BCUT2D eigenvalue weighted by molar-refractivity contribution is 7.13. The van der Waals surface area contributed by atoms with Gasteiger partial charge in [-0.2, -0.15) is 4.98 Å². The first-order chi connectivity index (χ1) is 12.2. The fraction of sp³-hybridized carbons (Fsp3) is 0.611. The molecule has 2 aliphatic heterocycles. The Labute approximate surface area is 151 Å². The van der Waals surface area contributed by atoms with E-state index in [4.69, 9.17) is 4.52 Å². The number of rotatable bonds is 4. The molecule has 0 bridgehead atoms. The molecule has 25 heavy (non-hydrogen) atoms. The maximum Gasteiger partial charge on any atom is 0.227 e. The highest BCUT2D eigenvalue weighted by Crippen LogP contribution is 2.30. The quantitative estimate of drug-likeness (QED) is 0.839. The molecule has 0 aliphatic carbocycles. The van der Waals surface area contributed by atoms with E-state index in [2.05, 4.69) is 22.1 Å². The Morgan fingerprint density at radius 3 is 3.16 bits per heavy atom. The Morgan fingerprint density at radius 1 is 1.40 bits per heavy atom. The fourth-order valence-electron chi connectivity index (χ4n) is 4.11. The molecule has 2 atom stereocenters. The Morgan fingerprint density at radius 2 is 2.32 bits per heavy atom. The van der Waals surface area contributed by atoms with Crippen LogP contribution in [0.5, 0.6) is 0 Å². The lowest BCUT2D eigenvalue weighted by Gasteiger charge is -2.46. The van der Waals surface area contributed by atoms with Gasteiger partial charge in [0.2, 0.25) is 17.6 Å². The van der Waals surface area contributed by atoms with Crippen LogP contribution >= 0.6 is 11.3 Å². The maximum absolute atomic E-state index is 12.6. The van der Waals surface area contributed by atoms with E-state index in [1.165, 1.54) is 19.4 Å². The molecule has 4 rings (SSSR count). The molecule has 4 heterocycles. The molecule has 2 unspecified atom stereocenters. The number of carbonyl (C=O) groups is 1. The molecular weight excluding hydrogens is 336 g/mol. The van der Waals surface area contributed by atoms with E-state index in [0.29, 0.717) is 36.5 Å². The van der Waals surface area contributed by atoms with E-state index in [0.717, 1.165) is 24.4 Å². The summed E-state index contributed by atoms with van der Waals surface area (Å²) in [4.78, 5) is 22.5. The van der Waals surface area contributed by atoms with Crippen LogP contribution in [-0.4, -0.2) is 58.6 Å². The first-order valence-electron chi connectivity index (χ1n) is 9.05. The second-order valence-corrected chi connectivity index (χ2v) is 8.02. The maximum atomic E-state index is 12.6. The second-order valence-electron chi connectivity index (χ2n) is 7.07. The molecule has 2 aromatic rings. The first-order valence-corrected chi connectivity index (χ1v) is 9.93. The SMILES string of the molecule is CN1CCCC2CN(C(=O)CCc3nc(-c4cccs4)no3)CCC21. The van der Waals surface area contributed by atoms with E-state index in [1.807, 2.05) is 22.4 Å². The average molecular weight is 360 g/mol. The number of nitrogens with zero attached hydrogens (tertiary/aromatic N) is 4. The largest absolute Gasteiger partial charge is 0.342 e. The predicted octanol–water partition coefficient (Wildman–Crippen LogP) is 2.67. The van der Waals surface area contributed by atoms with Crippen molar-refractivity contribution < 1.29 is 9.32 Å². The molecule has 0 spiro atoms. The van der Waals surface area contributed by atoms with Crippen LogP contribution in [0.2, 0.25) is 0 Å². The summed E-state index contributed by atoms with van der Waals surface area (Å²) in [7, 11) is 2.22. The van der Waals surface area contributed by atoms with Gasteiger partial charge in [-0.25, -0.2) is 0 Å². The molecule has 0 radical (unpaired) electrons. The smallest absolute Gasteiger partial charge is 0.227 e. The number of amides is 1. The van der Waals surface area contributed by atoms with Crippen LogP contribution in [-0.2, 0) is 11.2 Å². The van der Waals surface area contributed by atoms with E-state index in [1.54, 1.807) is 11.3 Å². The molecule has 134 valence electrons. The Kier molecular flexibility index (Phi) is 4.85. The number of thiophene rings is 1. The van der Waals surface area contributed by atoms with Gasteiger partial charge in [0.05, 0.1) is 4.88 Å². The Balaban J connectivity index is 1.31. The second kappa shape index (κ2) is 7.25. The van der Waals surface area contributed by atoms with Gasteiger partial charge in [0.25, 0.3) is 0 Å². The van der Waals surface area contributed by atoms with Gasteiger partial charge in [0.15, 0.2) is 0 Å². The van der Waals surface area contributed by atoms with Gasteiger partial charge in [-0.05, 0) is 50.2 Å². The van der Waals surface area contributed by atoms with Gasteiger partial charge < -0.3 is 14.3 Å². The average Bonchev–Trinajstić information content (AvgIpc) is 3.31. The minimum atomic E-state index is 0.211. The highest BCUT2D eigenvalue weighted by Gasteiger charge is 2.35. The van der Waals surface area contributed by atoms with Gasteiger partial charge >= 0.3 is 0 Å². The van der Waals surface area contributed by atoms with E-state index in [-0.39, 0.29) is 5.91 Å². The fourth-order valence-corrected chi connectivity index (χ4v) is 4.76. The van der Waals surface area contributed by atoms with Crippen LogP contribution in [0.3, 0.4) is 0 Å². The van der Waals surface area contributed by atoms with Crippen LogP contribution in [0.1, 0.15) is 31.6 Å².